The van der Waals surface area contributed by atoms with Crippen LogP contribution in [0.1, 0.15) is 37.2 Å². The molecule has 110 valence electrons. The van der Waals surface area contributed by atoms with Gasteiger partial charge >= 0.3 is 0 Å². The molecule has 1 atom stereocenters. The lowest BCUT2D eigenvalue weighted by molar-refractivity contribution is 0.237. The van der Waals surface area contributed by atoms with Gasteiger partial charge in [-0.2, -0.15) is 0 Å². The lowest BCUT2D eigenvalue weighted by Gasteiger charge is -2.23. The first-order chi connectivity index (χ1) is 9.92. The van der Waals surface area contributed by atoms with Gasteiger partial charge in [-0.3, -0.25) is 4.90 Å². The minimum Gasteiger partial charge on any atom is -0.492 e. The fraction of sp³-hybridized carbons (Fsp3) is 0.647. The standard InChI is InChI=1S/C17H26N2O/c1-2-11-19(10-1)12-13-20-17-7-5-15(6-8-17)16-4-3-9-18-14-16/h5-8,16,18H,1-4,9-14H2. The van der Waals surface area contributed by atoms with Gasteiger partial charge in [0.1, 0.15) is 12.4 Å². The second kappa shape index (κ2) is 7.09. The van der Waals surface area contributed by atoms with E-state index in [0.29, 0.717) is 5.92 Å². The Labute approximate surface area is 122 Å². The van der Waals surface area contributed by atoms with E-state index < -0.39 is 0 Å². The minimum atomic E-state index is 0.683. The molecule has 2 aliphatic heterocycles. The molecule has 1 aromatic carbocycles. The average Bonchev–Trinajstić information content (AvgIpc) is 3.02. The molecule has 0 saturated carbocycles. The van der Waals surface area contributed by atoms with E-state index in [9.17, 15) is 0 Å². The largest absolute Gasteiger partial charge is 0.492 e. The molecule has 2 saturated heterocycles. The molecule has 20 heavy (non-hydrogen) atoms. The summed E-state index contributed by atoms with van der Waals surface area (Å²) in [4.78, 5) is 2.49. The lowest BCUT2D eigenvalue weighted by atomic mass is 9.92. The predicted molar refractivity (Wildman–Crippen MR) is 82.5 cm³/mol. The smallest absolute Gasteiger partial charge is 0.119 e. The Balaban J connectivity index is 1.45. The summed E-state index contributed by atoms with van der Waals surface area (Å²) in [7, 11) is 0. The molecule has 0 aliphatic carbocycles. The van der Waals surface area contributed by atoms with Crippen LogP contribution in [0.3, 0.4) is 0 Å². The Hall–Kier alpha value is -1.06. The number of rotatable bonds is 5. The predicted octanol–water partition coefficient (Wildman–Crippen LogP) is 2.63. The van der Waals surface area contributed by atoms with Crippen molar-refractivity contribution in [3.8, 4) is 5.75 Å². The lowest BCUT2D eigenvalue weighted by Crippen LogP contribution is -2.28. The van der Waals surface area contributed by atoms with Gasteiger partial charge in [-0.15, -0.1) is 0 Å². The number of nitrogens with zero attached hydrogens (tertiary/aromatic N) is 1. The number of hydrogen-bond donors (Lipinski definition) is 1. The third kappa shape index (κ3) is 3.74. The van der Waals surface area contributed by atoms with Crippen LogP contribution in [0, 0.1) is 0 Å². The van der Waals surface area contributed by atoms with Gasteiger partial charge in [-0.05, 0) is 68.9 Å². The maximum Gasteiger partial charge on any atom is 0.119 e. The van der Waals surface area contributed by atoms with Crippen molar-refractivity contribution in [2.45, 2.75) is 31.6 Å². The van der Waals surface area contributed by atoms with Crippen molar-refractivity contribution in [1.82, 2.24) is 10.2 Å². The van der Waals surface area contributed by atoms with Crippen LogP contribution in [-0.4, -0.2) is 44.2 Å². The first-order valence-electron chi connectivity index (χ1n) is 8.08. The van der Waals surface area contributed by atoms with E-state index in [4.69, 9.17) is 4.74 Å². The second-order valence-electron chi connectivity index (χ2n) is 6.01. The van der Waals surface area contributed by atoms with Crippen molar-refractivity contribution in [2.75, 3.05) is 39.3 Å². The van der Waals surface area contributed by atoms with Gasteiger partial charge in [-0.1, -0.05) is 12.1 Å². The Morgan fingerprint density at radius 1 is 1.10 bits per heavy atom. The Bertz CT molecular complexity index is 392. The highest BCUT2D eigenvalue weighted by Crippen LogP contribution is 2.25. The molecule has 1 unspecified atom stereocenters. The molecule has 3 rings (SSSR count). The van der Waals surface area contributed by atoms with E-state index in [0.717, 1.165) is 25.4 Å². The average molecular weight is 274 g/mol. The molecular formula is C17H26N2O. The third-order valence-corrected chi connectivity index (χ3v) is 4.52. The first kappa shape index (κ1) is 13.9. The van der Waals surface area contributed by atoms with E-state index in [1.54, 1.807) is 0 Å². The summed E-state index contributed by atoms with van der Waals surface area (Å²) in [6.45, 7) is 6.66. The van der Waals surface area contributed by atoms with Gasteiger partial charge in [0.2, 0.25) is 0 Å². The van der Waals surface area contributed by atoms with Crippen LogP contribution >= 0.6 is 0 Å². The van der Waals surface area contributed by atoms with Crippen LogP contribution in [0.4, 0.5) is 0 Å². The summed E-state index contributed by atoms with van der Waals surface area (Å²) >= 11 is 0. The molecule has 2 aliphatic rings. The quantitative estimate of drug-likeness (QED) is 0.893. The maximum atomic E-state index is 5.85. The summed E-state index contributed by atoms with van der Waals surface area (Å²) in [5.74, 6) is 1.69. The zero-order chi connectivity index (χ0) is 13.6. The first-order valence-corrected chi connectivity index (χ1v) is 8.08. The molecule has 0 radical (unpaired) electrons. The molecule has 0 bridgehead atoms. The second-order valence-corrected chi connectivity index (χ2v) is 6.01. The molecule has 3 nitrogen and oxygen atoms in total. The molecule has 0 amide bonds. The van der Waals surface area contributed by atoms with Gasteiger partial charge in [0.25, 0.3) is 0 Å². The molecule has 1 N–H and O–H groups in total. The van der Waals surface area contributed by atoms with Crippen LogP contribution in [0.25, 0.3) is 0 Å². The van der Waals surface area contributed by atoms with Crippen LogP contribution in [0.15, 0.2) is 24.3 Å². The summed E-state index contributed by atoms with van der Waals surface area (Å²) in [5.41, 5.74) is 1.45. The maximum absolute atomic E-state index is 5.85. The van der Waals surface area contributed by atoms with Crippen molar-refractivity contribution in [3.05, 3.63) is 29.8 Å². The molecule has 0 aromatic heterocycles. The summed E-state index contributed by atoms with van der Waals surface area (Å²) in [5, 5.41) is 3.48. The van der Waals surface area contributed by atoms with Crippen LogP contribution in [0.2, 0.25) is 0 Å². The third-order valence-electron chi connectivity index (χ3n) is 4.52. The number of likely N-dealkylation sites (tertiary alicyclic amines) is 1. The highest BCUT2D eigenvalue weighted by atomic mass is 16.5. The minimum absolute atomic E-state index is 0.683. The van der Waals surface area contributed by atoms with Crippen LogP contribution in [-0.2, 0) is 0 Å². The molecule has 1 aromatic rings. The monoisotopic (exact) mass is 274 g/mol. The van der Waals surface area contributed by atoms with Crippen LogP contribution < -0.4 is 10.1 Å². The number of hydrogen-bond acceptors (Lipinski definition) is 3. The van der Waals surface area contributed by atoms with Crippen molar-refractivity contribution in [1.29, 1.82) is 0 Å². The van der Waals surface area contributed by atoms with Crippen LogP contribution in [0.5, 0.6) is 5.75 Å². The normalized spacial score (nSPS) is 23.9. The van der Waals surface area contributed by atoms with E-state index in [1.165, 1.54) is 50.9 Å². The van der Waals surface area contributed by atoms with E-state index in [2.05, 4.69) is 34.5 Å². The molecule has 3 heteroatoms. The SMILES string of the molecule is c1cc(C2CCCNC2)ccc1OCCN1CCCC1. The van der Waals surface area contributed by atoms with Crippen molar-refractivity contribution in [2.24, 2.45) is 0 Å². The van der Waals surface area contributed by atoms with Gasteiger partial charge in [0, 0.05) is 13.1 Å². The van der Waals surface area contributed by atoms with Crippen molar-refractivity contribution >= 4 is 0 Å². The highest BCUT2D eigenvalue weighted by molar-refractivity contribution is 5.29. The highest BCUT2D eigenvalue weighted by Gasteiger charge is 2.15. The number of piperidine rings is 1. The molecule has 0 spiro atoms. The van der Waals surface area contributed by atoms with Gasteiger partial charge in [0.15, 0.2) is 0 Å². The molecular weight excluding hydrogens is 248 g/mol. The van der Waals surface area contributed by atoms with Gasteiger partial charge in [0.05, 0.1) is 0 Å². The summed E-state index contributed by atoms with van der Waals surface area (Å²) in [6.07, 6.45) is 5.30. The van der Waals surface area contributed by atoms with Crippen molar-refractivity contribution < 1.29 is 4.74 Å². The molecule has 2 heterocycles. The summed E-state index contributed by atoms with van der Waals surface area (Å²) < 4.78 is 5.85. The molecule has 2 fully saturated rings. The number of benzene rings is 1. The van der Waals surface area contributed by atoms with E-state index in [-0.39, 0.29) is 0 Å². The summed E-state index contributed by atoms with van der Waals surface area (Å²) in [6, 6.07) is 8.74. The van der Waals surface area contributed by atoms with Gasteiger partial charge < -0.3 is 10.1 Å². The zero-order valence-corrected chi connectivity index (χ0v) is 12.3. The Kier molecular flexibility index (Phi) is 4.93. The van der Waals surface area contributed by atoms with Gasteiger partial charge in [-0.25, -0.2) is 0 Å². The number of nitrogens with one attached hydrogen (secondary N) is 1. The van der Waals surface area contributed by atoms with E-state index in [1.807, 2.05) is 0 Å². The number of ether oxygens (including phenoxy) is 1. The topological polar surface area (TPSA) is 24.5 Å². The fourth-order valence-corrected chi connectivity index (χ4v) is 3.27. The Morgan fingerprint density at radius 2 is 1.90 bits per heavy atom. The fourth-order valence-electron chi connectivity index (χ4n) is 3.27. The Morgan fingerprint density at radius 3 is 2.60 bits per heavy atom. The zero-order valence-electron chi connectivity index (χ0n) is 12.3. The van der Waals surface area contributed by atoms with E-state index >= 15 is 0 Å². The van der Waals surface area contributed by atoms with Crippen molar-refractivity contribution in [3.63, 3.8) is 0 Å².